The van der Waals surface area contributed by atoms with Gasteiger partial charge in [0.25, 0.3) is 11.8 Å². The van der Waals surface area contributed by atoms with Gasteiger partial charge < -0.3 is 10.6 Å². The van der Waals surface area contributed by atoms with E-state index in [1.165, 1.54) is 0 Å². The van der Waals surface area contributed by atoms with E-state index in [-0.39, 0.29) is 35.9 Å². The quantitative estimate of drug-likeness (QED) is 0.628. The van der Waals surface area contributed by atoms with Gasteiger partial charge >= 0.3 is 0 Å². The number of nitrogens with zero attached hydrogens (tertiary/aromatic N) is 2. The topological polar surface area (TPSA) is 131 Å². The van der Waals surface area contributed by atoms with Crippen molar-refractivity contribution < 1.29 is 19.2 Å². The Morgan fingerprint density at radius 3 is 2.64 bits per heavy atom. The largest absolute Gasteiger partial charge is 0.380 e. The molecular formula is C19H19N5O4. The summed E-state index contributed by atoms with van der Waals surface area (Å²) in [5.74, 6) is -2.26. The zero-order valence-corrected chi connectivity index (χ0v) is 15.0. The first kappa shape index (κ1) is 18.1. The lowest BCUT2D eigenvalue weighted by molar-refractivity contribution is -0.136. The number of fused-ring (bicyclic) bond motifs is 1. The van der Waals surface area contributed by atoms with Crippen LogP contribution in [0.4, 0.5) is 5.69 Å². The summed E-state index contributed by atoms with van der Waals surface area (Å²) >= 11 is 0. The molecule has 28 heavy (non-hydrogen) atoms. The molecule has 1 aromatic rings. The molecule has 3 heterocycles. The lowest BCUT2D eigenvalue weighted by Gasteiger charge is -2.29. The third-order valence-corrected chi connectivity index (χ3v) is 5.44. The van der Waals surface area contributed by atoms with Gasteiger partial charge in [-0.05, 0) is 37.6 Å². The highest BCUT2D eigenvalue weighted by Crippen LogP contribution is 2.30. The average Bonchev–Trinajstić information content (AvgIpc) is 2.93. The van der Waals surface area contributed by atoms with Gasteiger partial charge in [0.05, 0.1) is 29.2 Å². The van der Waals surface area contributed by atoms with E-state index in [2.05, 4.69) is 22.0 Å². The van der Waals surface area contributed by atoms with Gasteiger partial charge in [-0.2, -0.15) is 5.26 Å². The highest BCUT2D eigenvalue weighted by molar-refractivity contribution is 6.23. The first-order valence-electron chi connectivity index (χ1n) is 9.22. The first-order valence-corrected chi connectivity index (χ1v) is 9.22. The highest BCUT2D eigenvalue weighted by Gasteiger charge is 2.44. The van der Waals surface area contributed by atoms with Gasteiger partial charge in [-0.1, -0.05) is 0 Å². The van der Waals surface area contributed by atoms with E-state index in [9.17, 15) is 24.4 Å². The predicted octanol–water partition coefficient (Wildman–Crippen LogP) is 0.00138. The molecule has 4 rings (SSSR count). The van der Waals surface area contributed by atoms with Crippen molar-refractivity contribution in [1.82, 2.24) is 15.5 Å². The standard InChI is InChI=1S/C19H19N5O4/c20-8-10-5-6-21-9-14(10)22-11-1-2-12-13(7-11)19(28)24(18(12)27)15-3-4-16(25)23-17(15)26/h1-2,7,10,14-15,21-22H,3-6,9H2,(H,23,25,26). The number of carbonyl (C=O) groups is 4. The highest BCUT2D eigenvalue weighted by atomic mass is 16.2. The van der Waals surface area contributed by atoms with E-state index in [1.807, 2.05) is 0 Å². The molecule has 0 aliphatic carbocycles. The molecule has 3 aliphatic rings. The Morgan fingerprint density at radius 1 is 1.11 bits per heavy atom. The Labute approximate surface area is 161 Å². The maximum absolute atomic E-state index is 12.8. The van der Waals surface area contributed by atoms with E-state index in [0.29, 0.717) is 12.2 Å². The van der Waals surface area contributed by atoms with Gasteiger partial charge in [0.2, 0.25) is 11.8 Å². The van der Waals surface area contributed by atoms with Crippen LogP contribution >= 0.6 is 0 Å². The molecule has 3 aliphatic heterocycles. The second kappa shape index (κ2) is 7.05. The second-order valence-electron chi connectivity index (χ2n) is 7.19. The summed E-state index contributed by atoms with van der Waals surface area (Å²) in [6.45, 7) is 1.42. The van der Waals surface area contributed by atoms with E-state index in [1.54, 1.807) is 18.2 Å². The minimum absolute atomic E-state index is 0.0842. The van der Waals surface area contributed by atoms with Gasteiger partial charge in [0.15, 0.2) is 0 Å². The van der Waals surface area contributed by atoms with Crippen LogP contribution in [0.2, 0.25) is 0 Å². The molecule has 9 nitrogen and oxygen atoms in total. The maximum Gasteiger partial charge on any atom is 0.262 e. The van der Waals surface area contributed by atoms with E-state index >= 15 is 0 Å². The average molecular weight is 381 g/mol. The van der Waals surface area contributed by atoms with Crippen LogP contribution in [-0.4, -0.2) is 53.7 Å². The van der Waals surface area contributed by atoms with Crippen molar-refractivity contribution in [3.05, 3.63) is 29.3 Å². The van der Waals surface area contributed by atoms with Crippen LogP contribution in [0.15, 0.2) is 18.2 Å². The van der Waals surface area contributed by atoms with Crippen LogP contribution in [0.5, 0.6) is 0 Å². The lowest BCUT2D eigenvalue weighted by Crippen LogP contribution is -2.54. The smallest absolute Gasteiger partial charge is 0.262 e. The van der Waals surface area contributed by atoms with Crippen LogP contribution < -0.4 is 16.0 Å². The third-order valence-electron chi connectivity index (χ3n) is 5.44. The normalized spacial score (nSPS) is 27.2. The number of hydrogen-bond acceptors (Lipinski definition) is 7. The van der Waals surface area contributed by atoms with Gasteiger partial charge in [-0.25, -0.2) is 0 Å². The Hall–Kier alpha value is -3.25. The third kappa shape index (κ3) is 3.01. The molecule has 144 valence electrons. The number of benzene rings is 1. The van der Waals surface area contributed by atoms with Crippen molar-refractivity contribution >= 4 is 29.3 Å². The lowest BCUT2D eigenvalue weighted by atomic mass is 9.94. The maximum atomic E-state index is 12.8. The van der Waals surface area contributed by atoms with E-state index in [0.717, 1.165) is 17.9 Å². The van der Waals surface area contributed by atoms with Crippen LogP contribution in [0.1, 0.15) is 40.0 Å². The molecular weight excluding hydrogens is 362 g/mol. The zero-order valence-electron chi connectivity index (χ0n) is 15.0. The number of imide groups is 2. The van der Waals surface area contributed by atoms with Crippen LogP contribution in [-0.2, 0) is 9.59 Å². The fourth-order valence-corrected chi connectivity index (χ4v) is 3.94. The summed E-state index contributed by atoms with van der Waals surface area (Å²) in [5.41, 5.74) is 1.09. The molecule has 0 saturated carbocycles. The zero-order chi connectivity index (χ0) is 19.8. The van der Waals surface area contributed by atoms with Crippen LogP contribution in [0, 0.1) is 17.2 Å². The van der Waals surface area contributed by atoms with Crippen molar-refractivity contribution in [3.8, 4) is 6.07 Å². The predicted molar refractivity (Wildman–Crippen MR) is 97.1 cm³/mol. The summed E-state index contributed by atoms with van der Waals surface area (Å²) < 4.78 is 0. The van der Waals surface area contributed by atoms with Crippen molar-refractivity contribution in [1.29, 1.82) is 5.26 Å². The molecule has 3 atom stereocenters. The van der Waals surface area contributed by atoms with Gasteiger partial charge in [-0.15, -0.1) is 0 Å². The Morgan fingerprint density at radius 2 is 1.89 bits per heavy atom. The van der Waals surface area contributed by atoms with Crippen molar-refractivity contribution in [2.45, 2.75) is 31.3 Å². The van der Waals surface area contributed by atoms with Crippen molar-refractivity contribution in [2.24, 2.45) is 5.92 Å². The summed E-state index contributed by atoms with van der Waals surface area (Å²) in [7, 11) is 0. The molecule has 4 amide bonds. The van der Waals surface area contributed by atoms with Gasteiger partial charge in [0, 0.05) is 18.7 Å². The van der Waals surface area contributed by atoms with E-state index < -0.39 is 29.7 Å². The minimum Gasteiger partial charge on any atom is -0.380 e. The summed E-state index contributed by atoms with van der Waals surface area (Å²) in [6.07, 6.45) is 0.944. The number of nitriles is 1. The van der Waals surface area contributed by atoms with Crippen molar-refractivity contribution in [2.75, 3.05) is 18.4 Å². The molecule has 0 radical (unpaired) electrons. The van der Waals surface area contributed by atoms with Gasteiger partial charge in [-0.3, -0.25) is 29.4 Å². The molecule has 3 unspecified atom stereocenters. The van der Waals surface area contributed by atoms with Crippen LogP contribution in [0.25, 0.3) is 0 Å². The number of amides is 4. The summed E-state index contributed by atoms with van der Waals surface area (Å²) in [5, 5.41) is 18.0. The fourth-order valence-electron chi connectivity index (χ4n) is 3.94. The van der Waals surface area contributed by atoms with E-state index in [4.69, 9.17) is 0 Å². The monoisotopic (exact) mass is 381 g/mol. The Bertz CT molecular complexity index is 921. The number of nitrogens with one attached hydrogen (secondary N) is 3. The van der Waals surface area contributed by atoms with Crippen LogP contribution in [0.3, 0.4) is 0 Å². The molecule has 0 spiro atoms. The number of hydrogen-bond donors (Lipinski definition) is 3. The molecule has 9 heteroatoms. The molecule has 2 fully saturated rings. The number of carbonyl (C=O) groups excluding carboxylic acids is 4. The summed E-state index contributed by atoms with van der Waals surface area (Å²) in [6, 6.07) is 6.06. The SMILES string of the molecule is N#CC1CCNCC1Nc1ccc2c(c1)C(=O)N(C1CCC(=O)NC1=O)C2=O. The Kier molecular flexibility index (Phi) is 4.57. The number of rotatable bonds is 3. The first-order chi connectivity index (χ1) is 13.5. The Balaban J connectivity index is 1.56. The number of anilines is 1. The molecule has 3 N–H and O–H groups in total. The molecule has 0 aromatic heterocycles. The van der Waals surface area contributed by atoms with Gasteiger partial charge in [0.1, 0.15) is 6.04 Å². The second-order valence-corrected chi connectivity index (χ2v) is 7.19. The van der Waals surface area contributed by atoms with Crippen molar-refractivity contribution in [3.63, 3.8) is 0 Å². The molecule has 0 bridgehead atoms. The number of piperidine rings is 2. The minimum atomic E-state index is -0.980. The molecule has 1 aromatic carbocycles. The molecule has 2 saturated heterocycles. The summed E-state index contributed by atoms with van der Waals surface area (Å²) in [4.78, 5) is 49.9. The fraction of sp³-hybridized carbons (Fsp3) is 0.421.